The van der Waals surface area contributed by atoms with Gasteiger partial charge in [-0.05, 0) is 88.1 Å². The molecule has 0 aromatic heterocycles. The Morgan fingerprint density at radius 3 is 1.33 bits per heavy atom. The van der Waals surface area contributed by atoms with E-state index in [-0.39, 0.29) is 34.1 Å². The van der Waals surface area contributed by atoms with Gasteiger partial charge in [0.2, 0.25) is 9.84 Å². The molecule has 7 heteroatoms. The van der Waals surface area contributed by atoms with E-state index in [9.17, 15) is 18.0 Å². The fraction of sp³-hybridized carbons (Fsp3) is 0.167. The van der Waals surface area contributed by atoms with Crippen molar-refractivity contribution in [2.24, 2.45) is 0 Å². The maximum atomic E-state index is 14.5. The molecular formula is C36H34O6S. The van der Waals surface area contributed by atoms with E-state index in [2.05, 4.69) is 0 Å². The topological polar surface area (TPSA) is 86.7 Å². The van der Waals surface area contributed by atoms with Gasteiger partial charge in [0, 0.05) is 11.1 Å². The van der Waals surface area contributed by atoms with E-state index in [1.807, 2.05) is 38.2 Å². The third-order valence-corrected chi connectivity index (χ3v) is 8.85. The number of carbonyl (C=O) groups excluding carboxylic acids is 2. The van der Waals surface area contributed by atoms with E-state index >= 15 is 0 Å². The van der Waals surface area contributed by atoms with Crippen LogP contribution in [0.2, 0.25) is 0 Å². The number of hydrogen-bond acceptors (Lipinski definition) is 6. The molecule has 4 rings (SSSR count). The summed E-state index contributed by atoms with van der Waals surface area (Å²) in [5, 5.41) is 0. The number of carbonyl (C=O) groups is 2. The first-order valence-electron chi connectivity index (χ1n) is 14.0. The summed E-state index contributed by atoms with van der Waals surface area (Å²) in [6, 6.07) is 23.4. The number of benzene rings is 4. The van der Waals surface area contributed by atoms with Crippen molar-refractivity contribution in [3.05, 3.63) is 143 Å². The molecule has 0 heterocycles. The zero-order valence-electron chi connectivity index (χ0n) is 24.7. The smallest absolute Gasteiger partial charge is 0.343 e. The molecule has 0 aliphatic rings. The highest BCUT2D eigenvalue weighted by Gasteiger charge is 2.30. The minimum absolute atomic E-state index is 0.0120. The molecule has 0 amide bonds. The van der Waals surface area contributed by atoms with Gasteiger partial charge in [0.1, 0.15) is 11.5 Å². The molecule has 0 unspecified atom stereocenters. The first kappa shape index (κ1) is 31.2. The van der Waals surface area contributed by atoms with Crippen molar-refractivity contribution < 1.29 is 27.5 Å². The Bertz CT molecular complexity index is 1660. The molecule has 0 fully saturated rings. The molecule has 220 valence electrons. The summed E-state index contributed by atoms with van der Waals surface area (Å²) in [5.41, 5.74) is 2.68. The van der Waals surface area contributed by atoms with Crippen molar-refractivity contribution in [2.75, 3.05) is 0 Å². The van der Waals surface area contributed by atoms with Gasteiger partial charge < -0.3 is 9.47 Å². The number of aryl methyl sites for hydroxylation is 2. The summed E-state index contributed by atoms with van der Waals surface area (Å²) in [6.07, 6.45) is 7.69. The highest BCUT2D eigenvalue weighted by Crippen LogP contribution is 2.39. The van der Waals surface area contributed by atoms with Crippen LogP contribution in [0.1, 0.15) is 56.8 Å². The summed E-state index contributed by atoms with van der Waals surface area (Å²) in [4.78, 5) is 26.1. The van der Waals surface area contributed by atoms with Gasteiger partial charge in [-0.25, -0.2) is 18.0 Å². The lowest BCUT2D eigenvalue weighted by Crippen LogP contribution is -2.16. The molecule has 4 aromatic rings. The molecule has 43 heavy (non-hydrogen) atoms. The molecule has 0 N–H and O–H groups in total. The average Bonchev–Trinajstić information content (AvgIpc) is 3.02. The molecule has 0 radical (unpaired) electrons. The van der Waals surface area contributed by atoms with Crippen molar-refractivity contribution in [1.82, 2.24) is 0 Å². The molecule has 0 aliphatic carbocycles. The Morgan fingerprint density at radius 1 is 0.605 bits per heavy atom. The van der Waals surface area contributed by atoms with Crippen LogP contribution < -0.4 is 9.47 Å². The van der Waals surface area contributed by atoms with Crippen LogP contribution in [0, 0.1) is 13.8 Å². The second kappa shape index (κ2) is 13.9. The third-order valence-electron chi connectivity index (χ3n) is 6.93. The van der Waals surface area contributed by atoms with Crippen LogP contribution in [-0.2, 0) is 22.7 Å². The lowest BCUT2D eigenvalue weighted by atomic mass is 10.1. The minimum Gasteiger partial charge on any atom is -0.422 e. The van der Waals surface area contributed by atoms with Gasteiger partial charge >= 0.3 is 11.9 Å². The number of hydrogen-bond donors (Lipinski definition) is 0. The number of rotatable bonds is 10. The second-order valence-electron chi connectivity index (χ2n) is 9.94. The number of ether oxygens (including phenoxy) is 2. The third kappa shape index (κ3) is 7.01. The van der Waals surface area contributed by atoms with Crippen LogP contribution in [0.25, 0.3) is 0 Å². The summed E-state index contributed by atoms with van der Waals surface area (Å²) >= 11 is 0. The van der Waals surface area contributed by atoms with Crippen molar-refractivity contribution in [3.8, 4) is 11.5 Å². The number of esters is 2. The first-order chi connectivity index (χ1) is 20.7. The normalized spacial score (nSPS) is 11.6. The van der Waals surface area contributed by atoms with Crippen LogP contribution >= 0.6 is 0 Å². The maximum Gasteiger partial charge on any atom is 0.343 e. The Morgan fingerprint density at radius 2 is 0.977 bits per heavy atom. The molecule has 0 bridgehead atoms. The fourth-order valence-corrected chi connectivity index (χ4v) is 6.40. The number of sulfone groups is 1. The molecular weight excluding hydrogens is 560 g/mol. The molecule has 6 nitrogen and oxygen atoms in total. The van der Waals surface area contributed by atoms with Crippen molar-refractivity contribution in [3.63, 3.8) is 0 Å². The maximum absolute atomic E-state index is 14.5. The van der Waals surface area contributed by atoms with Gasteiger partial charge in [0.05, 0.1) is 20.9 Å². The average molecular weight is 595 g/mol. The quantitative estimate of drug-likeness (QED) is 0.106. The van der Waals surface area contributed by atoms with Gasteiger partial charge in [-0.15, -0.1) is 0 Å². The van der Waals surface area contributed by atoms with Crippen molar-refractivity contribution in [2.45, 2.75) is 50.3 Å². The fourth-order valence-electron chi connectivity index (χ4n) is 4.67. The Hall–Kier alpha value is -4.75. The van der Waals surface area contributed by atoms with E-state index in [1.54, 1.807) is 86.6 Å². The van der Waals surface area contributed by atoms with Gasteiger partial charge in [-0.1, -0.05) is 72.8 Å². The molecule has 4 aromatic carbocycles. The van der Waals surface area contributed by atoms with Gasteiger partial charge in [-0.2, -0.15) is 0 Å². The van der Waals surface area contributed by atoms with Crippen LogP contribution in [0.15, 0.2) is 119 Å². The van der Waals surface area contributed by atoms with E-state index < -0.39 is 21.8 Å². The van der Waals surface area contributed by atoms with Gasteiger partial charge in [-0.3, -0.25) is 0 Å². The lowest BCUT2D eigenvalue weighted by molar-refractivity contribution is 0.0722. The highest BCUT2D eigenvalue weighted by molar-refractivity contribution is 7.91. The molecule has 0 saturated carbocycles. The summed E-state index contributed by atoms with van der Waals surface area (Å²) in [7, 11) is -4.19. The van der Waals surface area contributed by atoms with E-state index in [0.717, 1.165) is 0 Å². The largest absolute Gasteiger partial charge is 0.422 e. The lowest BCUT2D eigenvalue weighted by Gasteiger charge is -2.20. The predicted octanol–water partition coefficient (Wildman–Crippen LogP) is 7.81. The molecule has 0 atom stereocenters. The van der Waals surface area contributed by atoms with Crippen LogP contribution in [0.3, 0.4) is 0 Å². The van der Waals surface area contributed by atoms with Gasteiger partial charge in [0.15, 0.2) is 0 Å². The zero-order valence-corrected chi connectivity index (χ0v) is 25.5. The summed E-state index contributed by atoms with van der Waals surface area (Å²) in [6.45, 7) is 7.21. The Labute approximate surface area is 253 Å². The Kier molecular flexibility index (Phi) is 10.1. The molecule has 0 saturated heterocycles. The molecule has 0 aliphatic heterocycles. The van der Waals surface area contributed by atoms with Crippen molar-refractivity contribution in [1.29, 1.82) is 0 Å². The van der Waals surface area contributed by atoms with Crippen LogP contribution in [-0.4, -0.2) is 20.4 Å². The standard InChI is InChI=1S/C36H34O6S/c1-5-7-19-29-31(23-21-25(3)33(29)41-35(37)27-15-11-9-12-16-27)43(39,40)32-24-22-26(4)34(30(32)20-8-6-2)42-36(38)28-17-13-10-14-18-28/h5-18,21-24H,19-20H2,1-4H3. The van der Waals surface area contributed by atoms with Crippen LogP contribution in [0.5, 0.6) is 11.5 Å². The predicted molar refractivity (Wildman–Crippen MR) is 168 cm³/mol. The van der Waals surface area contributed by atoms with E-state index in [1.165, 1.54) is 12.1 Å². The zero-order chi connectivity index (χ0) is 31.0. The van der Waals surface area contributed by atoms with Crippen LogP contribution in [0.4, 0.5) is 0 Å². The SMILES string of the molecule is CC=CCc1c(S(=O)(=O)c2ccc(C)c(OC(=O)c3ccccc3)c2CC=CC)ccc(C)c1OC(=O)c1ccccc1. The second-order valence-corrected chi connectivity index (χ2v) is 11.8. The Balaban J connectivity index is 1.88. The summed E-state index contributed by atoms with van der Waals surface area (Å²) < 4.78 is 40.7. The molecule has 0 spiro atoms. The monoisotopic (exact) mass is 594 g/mol. The highest BCUT2D eigenvalue weighted by atomic mass is 32.2. The van der Waals surface area contributed by atoms with E-state index in [4.69, 9.17) is 9.47 Å². The summed E-state index contributed by atoms with van der Waals surface area (Å²) in [5.74, 6) is -0.768. The number of allylic oxidation sites excluding steroid dienone is 4. The first-order valence-corrected chi connectivity index (χ1v) is 15.4. The van der Waals surface area contributed by atoms with Gasteiger partial charge in [0.25, 0.3) is 0 Å². The minimum atomic E-state index is -4.19. The van der Waals surface area contributed by atoms with E-state index in [0.29, 0.717) is 33.4 Å². The van der Waals surface area contributed by atoms with Crippen molar-refractivity contribution >= 4 is 21.8 Å².